The highest BCUT2D eigenvalue weighted by molar-refractivity contribution is 14.0. The molecule has 1 atom stereocenters. The number of nitrogens with one attached hydrogen (secondary N) is 2. The molecule has 0 amide bonds. The molecule has 1 aliphatic heterocycles. The topological polar surface area (TPSA) is 39.7 Å². The zero-order chi connectivity index (χ0) is 15.6. The number of likely N-dealkylation sites (tertiary alicyclic amines) is 1. The van der Waals surface area contributed by atoms with Gasteiger partial charge in [-0.15, -0.1) is 24.0 Å². The van der Waals surface area contributed by atoms with Crippen LogP contribution in [-0.4, -0.2) is 43.6 Å². The fourth-order valence-electron chi connectivity index (χ4n) is 3.14. The normalized spacial score (nSPS) is 19.0. The average molecular weight is 430 g/mol. The Balaban J connectivity index is 0.00000264. The maximum absolute atomic E-state index is 4.30. The number of halogens is 1. The van der Waals surface area contributed by atoms with Gasteiger partial charge in [-0.05, 0) is 31.4 Å². The molecule has 0 aromatic heterocycles. The van der Waals surface area contributed by atoms with E-state index in [1.165, 1.54) is 37.8 Å². The maximum Gasteiger partial charge on any atom is 0.191 e. The third-order valence-corrected chi connectivity index (χ3v) is 4.44. The van der Waals surface area contributed by atoms with Gasteiger partial charge in [0, 0.05) is 32.7 Å². The van der Waals surface area contributed by atoms with E-state index in [2.05, 4.69) is 51.7 Å². The minimum Gasteiger partial charge on any atom is -0.355 e. The van der Waals surface area contributed by atoms with Crippen molar-refractivity contribution in [1.29, 1.82) is 0 Å². The van der Waals surface area contributed by atoms with Crippen LogP contribution in [0.2, 0.25) is 0 Å². The lowest BCUT2D eigenvalue weighted by Crippen LogP contribution is -2.45. The van der Waals surface area contributed by atoms with E-state index in [0.29, 0.717) is 0 Å². The molecule has 1 heterocycles. The van der Waals surface area contributed by atoms with Crippen molar-refractivity contribution in [3.05, 3.63) is 35.9 Å². The van der Waals surface area contributed by atoms with Crippen molar-refractivity contribution in [3.63, 3.8) is 0 Å². The van der Waals surface area contributed by atoms with Gasteiger partial charge in [-0.2, -0.15) is 0 Å². The van der Waals surface area contributed by atoms with Crippen LogP contribution in [0, 0.1) is 0 Å². The first-order valence-corrected chi connectivity index (χ1v) is 8.56. The van der Waals surface area contributed by atoms with Gasteiger partial charge >= 0.3 is 0 Å². The van der Waals surface area contributed by atoms with Crippen molar-refractivity contribution in [2.75, 3.05) is 26.7 Å². The molecule has 0 radical (unpaired) electrons. The van der Waals surface area contributed by atoms with Crippen molar-refractivity contribution >= 4 is 29.9 Å². The summed E-state index contributed by atoms with van der Waals surface area (Å²) >= 11 is 0. The number of hydrogen-bond acceptors (Lipinski definition) is 2. The summed E-state index contributed by atoms with van der Waals surface area (Å²) in [6, 6.07) is 11.2. The summed E-state index contributed by atoms with van der Waals surface area (Å²) in [6.07, 6.45) is 5.36. The Bertz CT molecular complexity index is 450. The molecule has 2 rings (SSSR count). The first kappa shape index (κ1) is 20.2. The van der Waals surface area contributed by atoms with E-state index < -0.39 is 0 Å². The van der Waals surface area contributed by atoms with Crippen LogP contribution >= 0.6 is 24.0 Å². The van der Waals surface area contributed by atoms with Crippen LogP contribution in [0.25, 0.3) is 0 Å². The van der Waals surface area contributed by atoms with Crippen LogP contribution in [0.15, 0.2) is 35.3 Å². The van der Waals surface area contributed by atoms with Gasteiger partial charge < -0.3 is 10.6 Å². The summed E-state index contributed by atoms with van der Waals surface area (Å²) in [5, 5.41) is 6.80. The Hall–Kier alpha value is -0.820. The molecule has 130 valence electrons. The zero-order valence-electron chi connectivity index (χ0n) is 14.4. The molecule has 5 heteroatoms. The molecular formula is C18H31IN4. The number of aliphatic imine (C=N–C) groups is 1. The van der Waals surface area contributed by atoms with Crippen LogP contribution < -0.4 is 10.6 Å². The number of benzene rings is 1. The summed E-state index contributed by atoms with van der Waals surface area (Å²) < 4.78 is 0. The van der Waals surface area contributed by atoms with Crippen LogP contribution in [0.4, 0.5) is 0 Å². The highest BCUT2D eigenvalue weighted by Gasteiger charge is 2.19. The van der Waals surface area contributed by atoms with Gasteiger partial charge in [-0.3, -0.25) is 9.89 Å². The minimum atomic E-state index is 0. The summed E-state index contributed by atoms with van der Waals surface area (Å²) in [7, 11) is 1.83. The van der Waals surface area contributed by atoms with Gasteiger partial charge in [0.15, 0.2) is 5.96 Å². The first-order chi connectivity index (χ1) is 10.8. The second-order valence-corrected chi connectivity index (χ2v) is 5.93. The van der Waals surface area contributed by atoms with Gasteiger partial charge in [0.25, 0.3) is 0 Å². The van der Waals surface area contributed by atoms with Crippen molar-refractivity contribution in [2.45, 2.75) is 45.2 Å². The van der Waals surface area contributed by atoms with Crippen LogP contribution in [0.1, 0.15) is 38.2 Å². The van der Waals surface area contributed by atoms with E-state index in [1.807, 2.05) is 13.1 Å². The second kappa shape index (κ2) is 11.7. The lowest BCUT2D eigenvalue weighted by molar-refractivity contribution is 0.147. The van der Waals surface area contributed by atoms with E-state index in [9.17, 15) is 0 Å². The number of guanidine groups is 1. The van der Waals surface area contributed by atoms with Crippen LogP contribution in [-0.2, 0) is 6.54 Å². The first-order valence-electron chi connectivity index (χ1n) is 8.56. The SMILES string of the molecule is CCC1CCCCN1CCNC(=NC)NCc1ccccc1.I. The molecule has 0 spiro atoms. The molecule has 1 aromatic rings. The third kappa shape index (κ3) is 7.08. The van der Waals surface area contributed by atoms with Gasteiger partial charge in [0.05, 0.1) is 0 Å². The van der Waals surface area contributed by atoms with E-state index in [0.717, 1.165) is 31.6 Å². The predicted octanol–water partition coefficient (Wildman–Crippen LogP) is 3.23. The maximum atomic E-state index is 4.30. The van der Waals surface area contributed by atoms with Crippen molar-refractivity contribution in [1.82, 2.24) is 15.5 Å². The molecule has 1 fully saturated rings. The van der Waals surface area contributed by atoms with Crippen molar-refractivity contribution < 1.29 is 0 Å². The summed E-state index contributed by atoms with van der Waals surface area (Å²) in [5.74, 6) is 0.883. The molecule has 1 unspecified atom stereocenters. The van der Waals surface area contributed by atoms with Gasteiger partial charge in [0.1, 0.15) is 0 Å². The average Bonchev–Trinajstić information content (AvgIpc) is 2.59. The Morgan fingerprint density at radius 2 is 2.00 bits per heavy atom. The van der Waals surface area contributed by atoms with Gasteiger partial charge in [-0.25, -0.2) is 0 Å². The second-order valence-electron chi connectivity index (χ2n) is 5.93. The Labute approximate surface area is 158 Å². The van der Waals surface area contributed by atoms with E-state index in [1.54, 1.807) is 0 Å². The molecule has 0 saturated carbocycles. The fraction of sp³-hybridized carbons (Fsp3) is 0.611. The lowest BCUT2D eigenvalue weighted by atomic mass is 10.0. The summed E-state index contributed by atoms with van der Waals surface area (Å²) in [5.41, 5.74) is 1.27. The number of piperidine rings is 1. The van der Waals surface area contributed by atoms with E-state index >= 15 is 0 Å². The van der Waals surface area contributed by atoms with E-state index in [4.69, 9.17) is 0 Å². The molecule has 4 nitrogen and oxygen atoms in total. The minimum absolute atomic E-state index is 0. The predicted molar refractivity (Wildman–Crippen MR) is 110 cm³/mol. The molecule has 23 heavy (non-hydrogen) atoms. The highest BCUT2D eigenvalue weighted by Crippen LogP contribution is 2.18. The molecule has 2 N–H and O–H groups in total. The Morgan fingerprint density at radius 1 is 1.22 bits per heavy atom. The standard InChI is InChI=1S/C18H30N4.HI/c1-3-17-11-7-8-13-22(17)14-12-20-18(19-2)21-15-16-9-5-4-6-10-16;/h4-6,9-10,17H,3,7-8,11-15H2,1-2H3,(H2,19,20,21);1H. The monoisotopic (exact) mass is 430 g/mol. The fourth-order valence-corrected chi connectivity index (χ4v) is 3.14. The number of rotatable bonds is 6. The molecule has 1 aromatic carbocycles. The quantitative estimate of drug-likeness (QED) is 0.414. The van der Waals surface area contributed by atoms with Crippen LogP contribution in [0.5, 0.6) is 0 Å². The smallest absolute Gasteiger partial charge is 0.191 e. The highest BCUT2D eigenvalue weighted by atomic mass is 127. The Kier molecular flexibility index (Phi) is 10.3. The van der Waals surface area contributed by atoms with Crippen LogP contribution in [0.3, 0.4) is 0 Å². The summed E-state index contributed by atoms with van der Waals surface area (Å²) in [4.78, 5) is 6.93. The van der Waals surface area contributed by atoms with Crippen molar-refractivity contribution in [2.24, 2.45) is 4.99 Å². The summed E-state index contributed by atoms with van der Waals surface area (Å²) in [6.45, 7) is 6.41. The van der Waals surface area contributed by atoms with E-state index in [-0.39, 0.29) is 24.0 Å². The molecule has 1 aliphatic rings. The molecular weight excluding hydrogens is 399 g/mol. The van der Waals surface area contributed by atoms with Gasteiger partial charge in [-0.1, -0.05) is 43.7 Å². The molecule has 0 bridgehead atoms. The third-order valence-electron chi connectivity index (χ3n) is 4.44. The molecule has 1 saturated heterocycles. The van der Waals surface area contributed by atoms with Crippen molar-refractivity contribution in [3.8, 4) is 0 Å². The molecule has 0 aliphatic carbocycles. The van der Waals surface area contributed by atoms with Gasteiger partial charge in [0.2, 0.25) is 0 Å². The Morgan fingerprint density at radius 3 is 2.70 bits per heavy atom. The zero-order valence-corrected chi connectivity index (χ0v) is 16.8. The number of hydrogen-bond donors (Lipinski definition) is 2. The largest absolute Gasteiger partial charge is 0.355 e. The lowest BCUT2D eigenvalue weighted by Gasteiger charge is -2.35. The number of nitrogens with zero attached hydrogens (tertiary/aromatic N) is 2.